The van der Waals surface area contributed by atoms with Crippen LogP contribution in [0.15, 0.2) is 16.9 Å². The number of H-pyrrole nitrogens is 1. The average Bonchev–Trinajstić information content (AvgIpc) is 2.52. The fourth-order valence-electron chi connectivity index (χ4n) is 1.72. The van der Waals surface area contributed by atoms with Gasteiger partial charge in [-0.15, -0.1) is 0 Å². The van der Waals surface area contributed by atoms with Gasteiger partial charge in [-0.1, -0.05) is 11.6 Å². The van der Waals surface area contributed by atoms with E-state index >= 15 is 0 Å². The lowest BCUT2D eigenvalue weighted by Gasteiger charge is -2.22. The van der Waals surface area contributed by atoms with Crippen LogP contribution in [-0.4, -0.2) is 23.2 Å². The van der Waals surface area contributed by atoms with E-state index < -0.39 is 5.60 Å². The van der Waals surface area contributed by atoms with Crippen LogP contribution in [-0.2, 0) is 5.60 Å². The lowest BCUT2D eigenvalue weighted by atomic mass is 9.95. The van der Waals surface area contributed by atoms with Crippen molar-refractivity contribution in [2.45, 2.75) is 12.0 Å². The summed E-state index contributed by atoms with van der Waals surface area (Å²) in [5.74, 6) is 0. The fourth-order valence-corrected chi connectivity index (χ4v) is 2.05. The molecule has 0 saturated carbocycles. The van der Waals surface area contributed by atoms with Gasteiger partial charge in [0.2, 0.25) is 5.56 Å². The SMILES string of the molecule is O=c1ccc(C2(O)CCNC2)c(Cl)[nH]1. The molecule has 1 saturated heterocycles. The van der Waals surface area contributed by atoms with Crippen LogP contribution in [0, 0.1) is 0 Å². The van der Waals surface area contributed by atoms with Gasteiger partial charge in [-0.2, -0.15) is 0 Å². The molecule has 2 heterocycles. The van der Waals surface area contributed by atoms with Crippen molar-refractivity contribution in [3.8, 4) is 0 Å². The summed E-state index contributed by atoms with van der Waals surface area (Å²) >= 11 is 5.86. The van der Waals surface area contributed by atoms with Gasteiger partial charge in [-0.05, 0) is 19.0 Å². The highest BCUT2D eigenvalue weighted by atomic mass is 35.5. The smallest absolute Gasteiger partial charge is 0.249 e. The molecular formula is C9H11ClN2O2. The van der Waals surface area contributed by atoms with Gasteiger partial charge in [-0.25, -0.2) is 0 Å². The Bertz CT molecular complexity index is 396. The molecule has 3 N–H and O–H groups in total. The second kappa shape index (κ2) is 3.38. The topological polar surface area (TPSA) is 65.1 Å². The highest BCUT2D eigenvalue weighted by Crippen LogP contribution is 2.30. The molecule has 14 heavy (non-hydrogen) atoms. The summed E-state index contributed by atoms with van der Waals surface area (Å²) in [5.41, 5.74) is -0.613. The van der Waals surface area contributed by atoms with Gasteiger partial charge in [0, 0.05) is 18.2 Å². The lowest BCUT2D eigenvalue weighted by molar-refractivity contribution is 0.0585. The first kappa shape index (κ1) is 9.71. The molecule has 1 aliphatic heterocycles. The molecule has 1 aliphatic rings. The van der Waals surface area contributed by atoms with Gasteiger partial charge in [0.15, 0.2) is 0 Å². The monoisotopic (exact) mass is 214 g/mol. The largest absolute Gasteiger partial charge is 0.384 e. The molecule has 0 aliphatic carbocycles. The predicted octanol–water partition coefficient (Wildman–Crippen LogP) is 0.209. The molecule has 5 heteroatoms. The number of aromatic amines is 1. The Balaban J connectivity index is 2.45. The van der Waals surface area contributed by atoms with Crippen molar-refractivity contribution in [2.24, 2.45) is 0 Å². The van der Waals surface area contributed by atoms with E-state index in [0.717, 1.165) is 6.54 Å². The van der Waals surface area contributed by atoms with E-state index in [1.165, 1.54) is 6.07 Å². The van der Waals surface area contributed by atoms with Crippen LogP contribution < -0.4 is 10.9 Å². The maximum Gasteiger partial charge on any atom is 0.249 e. The molecule has 76 valence electrons. The van der Waals surface area contributed by atoms with Crippen molar-refractivity contribution in [3.05, 3.63) is 33.2 Å². The molecule has 1 unspecified atom stereocenters. The first-order chi connectivity index (χ1) is 6.62. The molecule has 0 bridgehead atoms. The van der Waals surface area contributed by atoms with Gasteiger partial charge >= 0.3 is 0 Å². The third-order valence-electron chi connectivity index (χ3n) is 2.50. The van der Waals surface area contributed by atoms with E-state index in [1.54, 1.807) is 6.07 Å². The summed E-state index contributed by atoms with van der Waals surface area (Å²) in [5, 5.41) is 13.4. The predicted molar refractivity (Wildman–Crippen MR) is 53.5 cm³/mol. The van der Waals surface area contributed by atoms with E-state index in [2.05, 4.69) is 10.3 Å². The Kier molecular flexibility index (Phi) is 2.34. The third kappa shape index (κ3) is 1.56. The molecule has 0 aromatic carbocycles. The minimum absolute atomic E-state index is 0.226. The highest BCUT2D eigenvalue weighted by molar-refractivity contribution is 6.30. The van der Waals surface area contributed by atoms with Gasteiger partial charge < -0.3 is 15.4 Å². The summed E-state index contributed by atoms with van der Waals surface area (Å²) in [6.45, 7) is 1.23. The van der Waals surface area contributed by atoms with Gasteiger partial charge in [0.25, 0.3) is 0 Å². The van der Waals surface area contributed by atoms with Crippen LogP contribution in [0.3, 0.4) is 0 Å². The first-order valence-electron chi connectivity index (χ1n) is 4.44. The summed E-state index contributed by atoms with van der Waals surface area (Å²) < 4.78 is 0. The molecule has 0 radical (unpaired) electrons. The second-order valence-electron chi connectivity index (χ2n) is 3.51. The summed E-state index contributed by atoms with van der Waals surface area (Å²) in [6.07, 6.45) is 0.610. The van der Waals surface area contributed by atoms with Crippen LogP contribution in [0.5, 0.6) is 0 Å². The molecule has 0 spiro atoms. The van der Waals surface area contributed by atoms with Crippen molar-refractivity contribution in [2.75, 3.05) is 13.1 Å². The molecule has 1 aromatic rings. The zero-order chi connectivity index (χ0) is 10.2. The normalized spacial score (nSPS) is 26.7. The quantitative estimate of drug-likeness (QED) is 0.586. The van der Waals surface area contributed by atoms with E-state index in [4.69, 9.17) is 11.6 Å². The number of rotatable bonds is 1. The summed E-state index contributed by atoms with van der Waals surface area (Å²) in [4.78, 5) is 13.4. The number of aromatic nitrogens is 1. The molecule has 1 aromatic heterocycles. The zero-order valence-electron chi connectivity index (χ0n) is 7.51. The van der Waals surface area contributed by atoms with Crippen molar-refractivity contribution in [3.63, 3.8) is 0 Å². The van der Waals surface area contributed by atoms with Crippen LogP contribution in [0.25, 0.3) is 0 Å². The van der Waals surface area contributed by atoms with Crippen LogP contribution in [0.2, 0.25) is 5.15 Å². The number of pyridine rings is 1. The fraction of sp³-hybridized carbons (Fsp3) is 0.444. The Morgan fingerprint density at radius 2 is 2.29 bits per heavy atom. The highest BCUT2D eigenvalue weighted by Gasteiger charge is 2.34. The molecular weight excluding hydrogens is 204 g/mol. The maximum absolute atomic E-state index is 10.9. The van der Waals surface area contributed by atoms with E-state index in [1.807, 2.05) is 0 Å². The number of hydrogen-bond acceptors (Lipinski definition) is 3. The minimum atomic E-state index is -0.943. The lowest BCUT2D eigenvalue weighted by Crippen LogP contribution is -2.29. The van der Waals surface area contributed by atoms with E-state index in [9.17, 15) is 9.90 Å². The van der Waals surface area contributed by atoms with E-state index in [0.29, 0.717) is 18.5 Å². The van der Waals surface area contributed by atoms with Crippen LogP contribution in [0.1, 0.15) is 12.0 Å². The van der Waals surface area contributed by atoms with Crippen molar-refractivity contribution < 1.29 is 5.11 Å². The molecule has 2 rings (SSSR count). The standard InChI is InChI=1S/C9H11ClN2O2/c10-8-6(1-2-7(13)12-8)9(14)3-4-11-5-9/h1-2,11,14H,3-5H2,(H,12,13). The number of hydrogen-bond donors (Lipinski definition) is 3. The Hall–Kier alpha value is -0.840. The van der Waals surface area contributed by atoms with Crippen LogP contribution >= 0.6 is 11.6 Å². The molecule has 1 fully saturated rings. The maximum atomic E-state index is 10.9. The zero-order valence-corrected chi connectivity index (χ0v) is 8.27. The second-order valence-corrected chi connectivity index (χ2v) is 3.89. The number of nitrogens with one attached hydrogen (secondary N) is 2. The Morgan fingerprint density at radius 1 is 1.50 bits per heavy atom. The number of halogens is 1. The van der Waals surface area contributed by atoms with Gasteiger partial charge in [0.05, 0.1) is 0 Å². The first-order valence-corrected chi connectivity index (χ1v) is 4.82. The summed E-state index contributed by atoms with van der Waals surface area (Å²) in [6, 6.07) is 2.95. The van der Waals surface area contributed by atoms with Crippen molar-refractivity contribution in [1.29, 1.82) is 0 Å². The van der Waals surface area contributed by atoms with Crippen molar-refractivity contribution in [1.82, 2.24) is 10.3 Å². The Morgan fingerprint density at radius 3 is 2.86 bits per heavy atom. The third-order valence-corrected chi connectivity index (χ3v) is 2.80. The average molecular weight is 215 g/mol. The van der Waals surface area contributed by atoms with Gasteiger partial charge in [-0.3, -0.25) is 4.79 Å². The van der Waals surface area contributed by atoms with E-state index in [-0.39, 0.29) is 10.7 Å². The Labute approximate surface area is 85.9 Å². The molecule has 4 nitrogen and oxygen atoms in total. The number of β-amino-alcohol motifs (C(OH)–C–C–N with tert-alkyl or cyclic N) is 1. The van der Waals surface area contributed by atoms with Crippen molar-refractivity contribution >= 4 is 11.6 Å². The summed E-state index contributed by atoms with van der Waals surface area (Å²) in [7, 11) is 0. The minimum Gasteiger partial charge on any atom is -0.384 e. The number of aliphatic hydroxyl groups is 1. The molecule has 0 amide bonds. The van der Waals surface area contributed by atoms with Gasteiger partial charge in [0.1, 0.15) is 10.8 Å². The molecule has 1 atom stereocenters. The van der Waals surface area contributed by atoms with Crippen LogP contribution in [0.4, 0.5) is 0 Å².